The minimum absolute atomic E-state index is 0.0359. The molecule has 4 rings (SSSR count). The number of halogens is 2. The van der Waals surface area contributed by atoms with Crippen LogP contribution in [-0.2, 0) is 10.7 Å². The third-order valence-electron chi connectivity index (χ3n) is 7.72. The maximum absolute atomic E-state index is 13.9. The Kier molecular flexibility index (Phi) is 14.4. The summed E-state index contributed by atoms with van der Waals surface area (Å²) in [5.74, 6) is -2.86. The molecule has 0 heterocycles. The first-order valence-electron chi connectivity index (χ1n) is 16.1. The lowest BCUT2D eigenvalue weighted by atomic mass is 9.88. The number of hydrogen-bond donors (Lipinski definition) is 2. The molecule has 4 aromatic carbocycles. The smallest absolute Gasteiger partial charge is 0.322 e. The van der Waals surface area contributed by atoms with Crippen LogP contribution in [0.15, 0.2) is 115 Å². The highest BCUT2D eigenvalue weighted by Crippen LogP contribution is 2.31. The molecule has 5 nitrogen and oxygen atoms in total. The van der Waals surface area contributed by atoms with Gasteiger partial charge in [-0.25, -0.2) is 13.6 Å². The van der Waals surface area contributed by atoms with Crippen LogP contribution in [0.1, 0.15) is 82.4 Å². The van der Waals surface area contributed by atoms with Crippen LogP contribution in [0.25, 0.3) is 0 Å². The Hall–Kier alpha value is -4.52. The Morgan fingerprint density at radius 1 is 0.696 bits per heavy atom. The summed E-state index contributed by atoms with van der Waals surface area (Å²) in [5.41, 5.74) is 3.54. The number of nitrogens with one attached hydrogen (secondary N) is 2. The van der Waals surface area contributed by atoms with Crippen molar-refractivity contribution in [1.29, 1.82) is 0 Å². The van der Waals surface area contributed by atoms with Crippen LogP contribution in [0, 0.1) is 0 Å². The van der Waals surface area contributed by atoms with Crippen LogP contribution in [0.4, 0.5) is 25.0 Å². The van der Waals surface area contributed by atoms with E-state index in [1.165, 1.54) is 30.2 Å². The second kappa shape index (κ2) is 18.4. The highest BCUT2D eigenvalue weighted by atomic mass is 19.3. The number of nitrogens with zero attached hydrogens (tertiary/aromatic N) is 1. The van der Waals surface area contributed by atoms with Crippen molar-refractivity contribution >= 4 is 23.3 Å². The Labute approximate surface area is 273 Å². The Bertz CT molecular complexity index is 1420. The molecular formula is C39H47F2N3O2. The van der Waals surface area contributed by atoms with Crippen molar-refractivity contribution < 1.29 is 18.4 Å². The number of anilines is 2. The first kappa shape index (κ1) is 36.0. The van der Waals surface area contributed by atoms with Crippen LogP contribution in [0.2, 0.25) is 0 Å². The molecule has 0 bridgehead atoms. The number of urea groups is 1. The van der Waals surface area contributed by atoms with E-state index in [2.05, 4.69) is 48.7 Å². The van der Waals surface area contributed by atoms with Gasteiger partial charge in [-0.1, -0.05) is 118 Å². The topological polar surface area (TPSA) is 61.4 Å². The zero-order chi connectivity index (χ0) is 33.4. The largest absolute Gasteiger partial charge is 0.326 e. The molecule has 0 saturated heterocycles. The molecule has 0 aromatic heterocycles. The third-order valence-corrected chi connectivity index (χ3v) is 7.72. The van der Waals surface area contributed by atoms with E-state index in [1.807, 2.05) is 71.6 Å². The lowest BCUT2D eigenvalue weighted by Gasteiger charge is -2.33. The van der Waals surface area contributed by atoms with E-state index in [4.69, 9.17) is 0 Å². The van der Waals surface area contributed by atoms with E-state index < -0.39 is 5.92 Å². The Morgan fingerprint density at radius 2 is 1.20 bits per heavy atom. The molecule has 0 atom stereocenters. The van der Waals surface area contributed by atoms with Gasteiger partial charge < -0.3 is 15.5 Å². The van der Waals surface area contributed by atoms with Gasteiger partial charge in [0.2, 0.25) is 5.91 Å². The summed E-state index contributed by atoms with van der Waals surface area (Å²) in [4.78, 5) is 26.0. The molecule has 0 saturated carbocycles. The van der Waals surface area contributed by atoms with Gasteiger partial charge in [0, 0.05) is 49.3 Å². The molecule has 0 aliphatic heterocycles. The summed E-state index contributed by atoms with van der Waals surface area (Å²) in [7, 11) is 0. The second-order valence-electron chi connectivity index (χ2n) is 11.5. The number of hydrogen-bond acceptors (Lipinski definition) is 2. The molecule has 244 valence electrons. The molecule has 0 aliphatic carbocycles. The molecule has 46 heavy (non-hydrogen) atoms. The fourth-order valence-corrected chi connectivity index (χ4v) is 5.53. The van der Waals surface area contributed by atoms with Gasteiger partial charge in [0.05, 0.1) is 0 Å². The molecule has 0 spiro atoms. The van der Waals surface area contributed by atoms with E-state index in [1.54, 1.807) is 12.1 Å². The van der Waals surface area contributed by atoms with Gasteiger partial charge in [-0.15, -0.1) is 0 Å². The number of carbonyl (C=O) groups excluding carboxylic acids is 2. The maximum atomic E-state index is 13.9. The molecular weight excluding hydrogens is 580 g/mol. The van der Waals surface area contributed by atoms with E-state index in [0.717, 1.165) is 44.7 Å². The molecule has 7 heteroatoms. The van der Waals surface area contributed by atoms with E-state index in [-0.39, 0.29) is 29.5 Å². The van der Waals surface area contributed by atoms with Crippen molar-refractivity contribution in [2.75, 3.05) is 17.2 Å². The first-order chi connectivity index (χ1) is 22.1. The first-order valence-corrected chi connectivity index (χ1v) is 16.1. The summed E-state index contributed by atoms with van der Waals surface area (Å²) in [6, 6.07) is 35.9. The average Bonchev–Trinajstić information content (AvgIpc) is 3.04. The minimum atomic E-state index is -2.97. The Balaban J connectivity index is 0.000000489. The normalized spacial score (nSPS) is 11.0. The number of rotatable bonds is 13. The van der Waals surface area contributed by atoms with Gasteiger partial charge in [0.25, 0.3) is 5.92 Å². The fourth-order valence-electron chi connectivity index (χ4n) is 5.53. The van der Waals surface area contributed by atoms with Crippen molar-refractivity contribution in [2.24, 2.45) is 0 Å². The van der Waals surface area contributed by atoms with Gasteiger partial charge in [-0.3, -0.25) is 4.79 Å². The van der Waals surface area contributed by atoms with Crippen molar-refractivity contribution in [2.45, 2.75) is 77.7 Å². The van der Waals surface area contributed by atoms with Crippen LogP contribution in [0.5, 0.6) is 0 Å². The zero-order valence-electron chi connectivity index (χ0n) is 27.4. The molecule has 0 radical (unpaired) electrons. The van der Waals surface area contributed by atoms with Gasteiger partial charge in [-0.2, -0.15) is 0 Å². The van der Waals surface area contributed by atoms with Gasteiger partial charge in [0.15, 0.2) is 0 Å². The summed E-state index contributed by atoms with van der Waals surface area (Å²) >= 11 is 0. The fraction of sp³-hybridized carbons (Fsp3) is 0.333. The third kappa shape index (κ3) is 11.8. The summed E-state index contributed by atoms with van der Waals surface area (Å²) < 4.78 is 27.7. The highest BCUT2D eigenvalue weighted by Gasteiger charge is 2.27. The van der Waals surface area contributed by atoms with E-state index in [0.29, 0.717) is 12.2 Å². The molecule has 3 amide bonds. The quantitative estimate of drug-likeness (QED) is 0.155. The van der Waals surface area contributed by atoms with Crippen LogP contribution in [-0.4, -0.2) is 29.4 Å². The number of para-hydroxylation sites is 1. The van der Waals surface area contributed by atoms with Crippen molar-refractivity contribution in [3.05, 3.63) is 132 Å². The van der Waals surface area contributed by atoms with Crippen LogP contribution < -0.4 is 10.6 Å². The summed E-state index contributed by atoms with van der Waals surface area (Å²) in [6.07, 6.45) is 4.49. The van der Waals surface area contributed by atoms with Crippen molar-refractivity contribution in [3.8, 4) is 0 Å². The molecule has 0 unspecified atom stereocenters. The summed E-state index contributed by atoms with van der Waals surface area (Å²) in [5, 5.41) is 5.57. The lowest BCUT2D eigenvalue weighted by Crippen LogP contribution is -2.44. The number of benzene rings is 4. The Morgan fingerprint density at radius 3 is 1.67 bits per heavy atom. The minimum Gasteiger partial charge on any atom is -0.326 e. The molecule has 2 N–H and O–H groups in total. The second-order valence-corrected chi connectivity index (χ2v) is 11.5. The van der Waals surface area contributed by atoms with Gasteiger partial charge in [0.1, 0.15) is 0 Å². The lowest BCUT2D eigenvalue weighted by molar-refractivity contribution is -0.114. The average molecular weight is 628 g/mol. The standard InChI is InChI=1S/C31H38F2N2O.C8H9NO/c1-4-13-28(14-5-2)35(30(36)34-27-20-12-19-26(23-27)31(3,32)33)22-21-29(24-15-8-6-9-16-24)25-17-10-7-11-18-25;1-7(10)9-8-5-3-2-4-6-8/h6-12,15-20,23,28-29H,4-5,13-14,21-22H2,1-3H3,(H,34,36);2-6H,1H3,(H,9,10). The van der Waals surface area contributed by atoms with Crippen molar-refractivity contribution in [1.82, 2.24) is 4.90 Å². The van der Waals surface area contributed by atoms with Crippen LogP contribution in [0.3, 0.4) is 0 Å². The number of carbonyl (C=O) groups is 2. The predicted octanol–water partition coefficient (Wildman–Crippen LogP) is 10.5. The zero-order valence-corrected chi connectivity index (χ0v) is 27.4. The monoisotopic (exact) mass is 627 g/mol. The van der Waals surface area contributed by atoms with Crippen LogP contribution >= 0.6 is 0 Å². The van der Waals surface area contributed by atoms with E-state index >= 15 is 0 Å². The number of amides is 3. The van der Waals surface area contributed by atoms with E-state index in [9.17, 15) is 18.4 Å². The highest BCUT2D eigenvalue weighted by molar-refractivity contribution is 5.90. The predicted molar refractivity (Wildman–Crippen MR) is 185 cm³/mol. The maximum Gasteiger partial charge on any atom is 0.322 e. The number of alkyl halides is 2. The molecule has 0 aliphatic rings. The van der Waals surface area contributed by atoms with Gasteiger partial charge >= 0.3 is 6.03 Å². The summed E-state index contributed by atoms with van der Waals surface area (Å²) in [6.45, 7) is 7.18. The molecule has 0 fully saturated rings. The SMILES string of the molecule is CC(=O)Nc1ccccc1.CCCC(CCC)N(CCC(c1ccccc1)c1ccccc1)C(=O)Nc1cccc(C(C)(F)F)c1. The van der Waals surface area contributed by atoms with Gasteiger partial charge in [-0.05, 0) is 54.7 Å². The van der Waals surface area contributed by atoms with Crippen molar-refractivity contribution in [3.63, 3.8) is 0 Å². The molecule has 4 aromatic rings.